The van der Waals surface area contributed by atoms with Gasteiger partial charge < -0.3 is 4.74 Å². The third-order valence-electron chi connectivity index (χ3n) is 0.421. The van der Waals surface area contributed by atoms with Crippen molar-refractivity contribution in [2.45, 2.75) is 0 Å². The summed E-state index contributed by atoms with van der Waals surface area (Å²) in [6, 6.07) is 0. The van der Waals surface area contributed by atoms with Gasteiger partial charge in [-0.1, -0.05) is 15.9 Å². The average molecular weight is 181 g/mol. The van der Waals surface area contributed by atoms with Crippen molar-refractivity contribution in [3.05, 3.63) is 0 Å². The second kappa shape index (κ2) is 4.77. The van der Waals surface area contributed by atoms with Crippen molar-refractivity contribution in [3.8, 4) is 0 Å². The van der Waals surface area contributed by atoms with Gasteiger partial charge in [0.05, 0.1) is 0 Å². The van der Waals surface area contributed by atoms with Gasteiger partial charge in [-0.05, 0) is 0 Å². The molecule has 46 valence electrons. The summed E-state index contributed by atoms with van der Waals surface area (Å²) >= 11 is 2.85. The zero-order valence-electron chi connectivity index (χ0n) is 4.09. The van der Waals surface area contributed by atoms with E-state index >= 15 is 0 Å². The van der Waals surface area contributed by atoms with Crippen LogP contribution in [0.1, 0.15) is 0 Å². The molecule has 0 fully saturated rings. The molecule has 0 amide bonds. The molecule has 0 aliphatic carbocycles. The van der Waals surface area contributed by atoms with Gasteiger partial charge in [0.15, 0.2) is 6.29 Å². The number of ether oxygens (including phenoxy) is 1. The van der Waals surface area contributed by atoms with E-state index in [9.17, 15) is 9.59 Å². The average Bonchev–Trinajstić information content (AvgIpc) is 1.83. The zero-order chi connectivity index (χ0) is 6.41. The number of carbonyl (C=O) groups excluding carboxylic acids is 2. The molecular formula is C4H5BrO3. The molecule has 0 spiro atoms. The molecule has 0 heterocycles. The summed E-state index contributed by atoms with van der Waals surface area (Å²) in [5.41, 5.74) is 0. The first-order valence-corrected chi connectivity index (χ1v) is 3.08. The highest BCUT2D eigenvalue weighted by Gasteiger charge is 1.94. The molecule has 0 saturated carbocycles. The van der Waals surface area contributed by atoms with Gasteiger partial charge in [-0.25, -0.2) is 0 Å². The Morgan fingerprint density at radius 1 is 1.75 bits per heavy atom. The summed E-state index contributed by atoms with van der Waals surface area (Å²) in [6.07, 6.45) is 0.528. The molecule has 0 aromatic rings. The van der Waals surface area contributed by atoms with Crippen molar-refractivity contribution in [3.63, 3.8) is 0 Å². The van der Waals surface area contributed by atoms with Crippen molar-refractivity contribution in [2.75, 3.05) is 11.9 Å². The SMILES string of the molecule is O=CCOC(=O)CBr. The topological polar surface area (TPSA) is 43.4 Å². The van der Waals surface area contributed by atoms with Crippen LogP contribution in [0.4, 0.5) is 0 Å². The molecule has 0 aliphatic heterocycles. The minimum Gasteiger partial charge on any atom is -0.457 e. The first-order chi connectivity index (χ1) is 3.81. The molecule has 0 aromatic carbocycles. The molecule has 4 heteroatoms. The molecule has 0 rings (SSSR count). The Bertz CT molecular complexity index is 91.3. The number of esters is 1. The van der Waals surface area contributed by atoms with Crippen LogP contribution in [0.25, 0.3) is 0 Å². The van der Waals surface area contributed by atoms with E-state index in [2.05, 4.69) is 20.7 Å². The minimum absolute atomic E-state index is 0.140. The summed E-state index contributed by atoms with van der Waals surface area (Å²) in [7, 11) is 0. The number of hydrogen-bond donors (Lipinski definition) is 0. The fourth-order valence-electron chi connectivity index (χ4n) is 0.166. The third-order valence-corrected chi connectivity index (χ3v) is 0.879. The first-order valence-electron chi connectivity index (χ1n) is 1.96. The summed E-state index contributed by atoms with van der Waals surface area (Å²) in [4.78, 5) is 19.7. The fourth-order valence-corrected chi connectivity index (χ4v) is 0.327. The third kappa shape index (κ3) is 3.80. The van der Waals surface area contributed by atoms with Crippen LogP contribution >= 0.6 is 15.9 Å². The van der Waals surface area contributed by atoms with Gasteiger partial charge in [0.25, 0.3) is 0 Å². The Balaban J connectivity index is 3.11. The van der Waals surface area contributed by atoms with Crippen LogP contribution in [-0.4, -0.2) is 24.2 Å². The standard InChI is InChI=1S/C4H5BrO3/c5-3-4(7)8-2-1-6/h1H,2-3H2. The molecule has 0 radical (unpaired) electrons. The van der Waals surface area contributed by atoms with Gasteiger partial charge in [0.1, 0.15) is 11.9 Å². The van der Waals surface area contributed by atoms with Crippen LogP contribution in [-0.2, 0) is 14.3 Å². The molecule has 0 N–H and O–H groups in total. The Hall–Kier alpha value is -0.380. The number of alkyl halides is 1. The van der Waals surface area contributed by atoms with Gasteiger partial charge in [-0.15, -0.1) is 0 Å². The molecule has 0 bridgehead atoms. The van der Waals surface area contributed by atoms with E-state index in [4.69, 9.17) is 0 Å². The summed E-state index contributed by atoms with van der Waals surface area (Å²) < 4.78 is 4.29. The van der Waals surface area contributed by atoms with Crippen molar-refractivity contribution in [2.24, 2.45) is 0 Å². The van der Waals surface area contributed by atoms with Gasteiger partial charge in [-0.3, -0.25) is 9.59 Å². The quantitative estimate of drug-likeness (QED) is 0.353. The lowest BCUT2D eigenvalue weighted by Gasteiger charge is -1.92. The van der Waals surface area contributed by atoms with Gasteiger partial charge in [0, 0.05) is 0 Å². The first kappa shape index (κ1) is 7.62. The Morgan fingerprint density at radius 3 is 2.75 bits per heavy atom. The predicted molar refractivity (Wildman–Crippen MR) is 30.8 cm³/mol. The highest BCUT2D eigenvalue weighted by Crippen LogP contribution is 1.82. The Morgan fingerprint density at radius 2 is 2.38 bits per heavy atom. The van der Waals surface area contributed by atoms with Gasteiger partial charge in [0.2, 0.25) is 0 Å². The smallest absolute Gasteiger partial charge is 0.316 e. The zero-order valence-corrected chi connectivity index (χ0v) is 5.68. The lowest BCUT2D eigenvalue weighted by atomic mass is 10.8. The Kier molecular flexibility index (Phi) is 4.54. The second-order valence-corrected chi connectivity index (χ2v) is 1.54. The predicted octanol–water partition coefficient (Wildman–Crippen LogP) is 0.123. The molecule has 0 aromatic heterocycles. The fraction of sp³-hybridized carbons (Fsp3) is 0.500. The van der Waals surface area contributed by atoms with Crippen LogP contribution < -0.4 is 0 Å². The monoisotopic (exact) mass is 180 g/mol. The lowest BCUT2D eigenvalue weighted by Crippen LogP contribution is -2.06. The number of aldehydes is 1. The van der Waals surface area contributed by atoms with Crippen LogP contribution in [0.2, 0.25) is 0 Å². The number of hydrogen-bond acceptors (Lipinski definition) is 3. The molecule has 0 aliphatic rings. The van der Waals surface area contributed by atoms with E-state index in [0.717, 1.165) is 0 Å². The van der Waals surface area contributed by atoms with E-state index in [1.165, 1.54) is 0 Å². The molecule has 0 atom stereocenters. The van der Waals surface area contributed by atoms with Crippen LogP contribution in [0.3, 0.4) is 0 Å². The second-order valence-electron chi connectivity index (χ2n) is 0.983. The molecular weight excluding hydrogens is 176 g/mol. The van der Waals surface area contributed by atoms with Gasteiger partial charge >= 0.3 is 5.97 Å². The summed E-state index contributed by atoms with van der Waals surface area (Å²) in [6.45, 7) is -0.148. The van der Waals surface area contributed by atoms with Crippen LogP contribution in [0.5, 0.6) is 0 Å². The normalized spacial score (nSPS) is 8.12. The van der Waals surface area contributed by atoms with Crippen molar-refractivity contribution >= 4 is 28.2 Å². The number of rotatable bonds is 3. The minimum atomic E-state index is -0.419. The van der Waals surface area contributed by atoms with Crippen LogP contribution in [0.15, 0.2) is 0 Å². The number of carbonyl (C=O) groups is 2. The van der Waals surface area contributed by atoms with E-state index in [1.807, 2.05) is 0 Å². The van der Waals surface area contributed by atoms with E-state index in [-0.39, 0.29) is 11.9 Å². The number of halogens is 1. The largest absolute Gasteiger partial charge is 0.457 e. The van der Waals surface area contributed by atoms with Gasteiger partial charge in [-0.2, -0.15) is 0 Å². The van der Waals surface area contributed by atoms with Crippen LogP contribution in [0, 0.1) is 0 Å². The lowest BCUT2D eigenvalue weighted by molar-refractivity contribution is -0.142. The van der Waals surface area contributed by atoms with Crippen molar-refractivity contribution in [1.29, 1.82) is 0 Å². The van der Waals surface area contributed by atoms with Crippen molar-refractivity contribution in [1.82, 2.24) is 0 Å². The maximum Gasteiger partial charge on any atom is 0.316 e. The maximum atomic E-state index is 10.1. The maximum absolute atomic E-state index is 10.1. The highest BCUT2D eigenvalue weighted by molar-refractivity contribution is 9.09. The summed E-state index contributed by atoms with van der Waals surface area (Å²) in [5.74, 6) is -0.419. The van der Waals surface area contributed by atoms with E-state index < -0.39 is 5.97 Å². The summed E-state index contributed by atoms with van der Waals surface area (Å²) in [5, 5.41) is 0.140. The highest BCUT2D eigenvalue weighted by atomic mass is 79.9. The molecule has 3 nitrogen and oxygen atoms in total. The molecule has 8 heavy (non-hydrogen) atoms. The van der Waals surface area contributed by atoms with E-state index in [1.54, 1.807) is 0 Å². The molecule has 0 saturated heterocycles. The van der Waals surface area contributed by atoms with E-state index in [0.29, 0.717) is 6.29 Å². The van der Waals surface area contributed by atoms with Crippen molar-refractivity contribution < 1.29 is 14.3 Å². The molecule has 0 unspecified atom stereocenters. The Labute approximate surface area is 55.1 Å².